The van der Waals surface area contributed by atoms with Crippen LogP contribution < -0.4 is 0 Å². The van der Waals surface area contributed by atoms with Crippen LogP contribution in [-0.4, -0.2) is 25.2 Å². The van der Waals surface area contributed by atoms with Crippen LogP contribution in [0.2, 0.25) is 0 Å². The summed E-state index contributed by atoms with van der Waals surface area (Å²) in [5.41, 5.74) is 1.31. The van der Waals surface area contributed by atoms with Gasteiger partial charge in [-0.3, -0.25) is 4.79 Å². The minimum atomic E-state index is -3.89. The zero-order chi connectivity index (χ0) is 17.9. The summed E-state index contributed by atoms with van der Waals surface area (Å²) in [6.45, 7) is 7.68. The highest BCUT2D eigenvalue weighted by Gasteiger charge is 2.42. The van der Waals surface area contributed by atoms with Crippen LogP contribution in [0, 0.1) is 12.8 Å². The predicted octanol–water partition coefficient (Wildman–Crippen LogP) is 4.01. The Hall–Kier alpha value is -1.59. The molecule has 1 aliphatic rings. The fourth-order valence-electron chi connectivity index (χ4n) is 2.67. The first-order valence-corrected chi connectivity index (χ1v) is 9.79. The average Bonchev–Trinajstić information content (AvgIpc) is 2.90. The van der Waals surface area contributed by atoms with E-state index in [0.29, 0.717) is 17.0 Å². The normalized spacial score (nSPS) is 20.4. The fourth-order valence-corrected chi connectivity index (χ4v) is 4.43. The minimum Gasteiger partial charge on any atom is -0.268 e. The van der Waals surface area contributed by atoms with Gasteiger partial charge < -0.3 is 0 Å². The SMILES string of the molecule is C=C[C@H]1CN(S(=O)(=O)c2ccc(C)cc2)C(=O)/C1=C(/Cl)CCCC. The maximum atomic E-state index is 12.8. The van der Waals surface area contributed by atoms with E-state index in [2.05, 4.69) is 6.58 Å². The summed E-state index contributed by atoms with van der Waals surface area (Å²) in [7, 11) is -3.89. The molecule has 0 radical (unpaired) electrons. The second kappa shape index (κ2) is 7.53. The Balaban J connectivity index is 2.40. The molecule has 0 bridgehead atoms. The molecule has 1 aliphatic heterocycles. The Labute approximate surface area is 148 Å². The van der Waals surface area contributed by atoms with Gasteiger partial charge in [-0.25, -0.2) is 12.7 Å². The molecule has 1 fully saturated rings. The van der Waals surface area contributed by atoms with Gasteiger partial charge in [0.25, 0.3) is 15.9 Å². The highest BCUT2D eigenvalue weighted by molar-refractivity contribution is 7.89. The highest BCUT2D eigenvalue weighted by Crippen LogP contribution is 2.34. The average molecular weight is 368 g/mol. The van der Waals surface area contributed by atoms with Crippen molar-refractivity contribution in [2.75, 3.05) is 6.54 Å². The number of aryl methyl sites for hydroxylation is 1. The lowest BCUT2D eigenvalue weighted by atomic mass is 10.0. The van der Waals surface area contributed by atoms with Crippen LogP contribution in [0.3, 0.4) is 0 Å². The van der Waals surface area contributed by atoms with E-state index in [1.54, 1.807) is 18.2 Å². The molecule has 0 saturated carbocycles. The number of sulfonamides is 1. The maximum Gasteiger partial charge on any atom is 0.266 e. The number of carbonyl (C=O) groups excluding carboxylic acids is 1. The van der Waals surface area contributed by atoms with E-state index >= 15 is 0 Å². The van der Waals surface area contributed by atoms with Gasteiger partial charge in [0.2, 0.25) is 0 Å². The number of hydrogen-bond acceptors (Lipinski definition) is 3. The summed E-state index contributed by atoms with van der Waals surface area (Å²) in [6.07, 6.45) is 3.96. The number of benzene rings is 1. The van der Waals surface area contributed by atoms with Crippen LogP contribution in [0.25, 0.3) is 0 Å². The zero-order valence-corrected chi connectivity index (χ0v) is 15.5. The number of nitrogens with zero attached hydrogens (tertiary/aromatic N) is 1. The molecule has 0 spiro atoms. The number of halogens is 1. The number of unbranched alkanes of at least 4 members (excludes halogenated alkanes) is 1. The van der Waals surface area contributed by atoms with Crippen molar-refractivity contribution in [2.45, 2.75) is 38.0 Å². The Morgan fingerprint density at radius 1 is 1.38 bits per heavy atom. The lowest BCUT2D eigenvalue weighted by Gasteiger charge is -2.16. The smallest absolute Gasteiger partial charge is 0.266 e. The Kier molecular flexibility index (Phi) is 5.88. The molecule has 1 heterocycles. The van der Waals surface area contributed by atoms with Gasteiger partial charge in [0, 0.05) is 23.1 Å². The minimum absolute atomic E-state index is 0.0518. The number of hydrogen-bond donors (Lipinski definition) is 0. The highest BCUT2D eigenvalue weighted by atomic mass is 35.5. The lowest BCUT2D eigenvalue weighted by Crippen LogP contribution is -2.32. The Bertz CT molecular complexity index is 766. The van der Waals surface area contributed by atoms with Gasteiger partial charge in [0.05, 0.1) is 4.90 Å². The van der Waals surface area contributed by atoms with Crippen molar-refractivity contribution in [1.82, 2.24) is 4.31 Å². The summed E-state index contributed by atoms with van der Waals surface area (Å²) < 4.78 is 26.5. The van der Waals surface area contributed by atoms with Crippen molar-refractivity contribution in [3.05, 3.63) is 53.1 Å². The van der Waals surface area contributed by atoms with Crippen LogP contribution in [0.4, 0.5) is 0 Å². The van der Waals surface area contributed by atoms with Crippen molar-refractivity contribution < 1.29 is 13.2 Å². The van der Waals surface area contributed by atoms with Gasteiger partial charge in [-0.2, -0.15) is 0 Å². The van der Waals surface area contributed by atoms with Crippen LogP contribution >= 0.6 is 11.6 Å². The molecule has 6 heteroatoms. The quantitative estimate of drug-likeness (QED) is 0.563. The molecule has 1 saturated heterocycles. The van der Waals surface area contributed by atoms with E-state index in [1.165, 1.54) is 12.1 Å². The molecule has 0 aliphatic carbocycles. The monoisotopic (exact) mass is 367 g/mol. The van der Waals surface area contributed by atoms with Crippen molar-refractivity contribution >= 4 is 27.5 Å². The molecule has 24 heavy (non-hydrogen) atoms. The van der Waals surface area contributed by atoms with Crippen molar-refractivity contribution in [3.8, 4) is 0 Å². The third-order valence-corrected chi connectivity index (χ3v) is 6.28. The molecule has 0 aromatic heterocycles. The van der Waals surface area contributed by atoms with Crippen molar-refractivity contribution in [2.24, 2.45) is 5.92 Å². The molecule has 130 valence electrons. The molecule has 1 amide bonds. The molecule has 1 aromatic carbocycles. The summed E-state index contributed by atoms with van der Waals surface area (Å²) in [4.78, 5) is 12.8. The van der Waals surface area contributed by atoms with E-state index in [0.717, 1.165) is 22.7 Å². The third kappa shape index (κ3) is 3.57. The summed E-state index contributed by atoms with van der Waals surface area (Å²) >= 11 is 6.31. The van der Waals surface area contributed by atoms with Gasteiger partial charge in [-0.15, -0.1) is 6.58 Å². The molecule has 1 aromatic rings. The van der Waals surface area contributed by atoms with Crippen LogP contribution in [0.5, 0.6) is 0 Å². The number of amides is 1. The Morgan fingerprint density at radius 3 is 2.54 bits per heavy atom. The molecule has 0 unspecified atom stereocenters. The lowest BCUT2D eigenvalue weighted by molar-refractivity contribution is -0.120. The van der Waals surface area contributed by atoms with Crippen molar-refractivity contribution in [3.63, 3.8) is 0 Å². The summed E-state index contributed by atoms with van der Waals surface area (Å²) in [5.74, 6) is -0.913. The van der Waals surface area contributed by atoms with E-state index in [9.17, 15) is 13.2 Å². The molecule has 4 nitrogen and oxygen atoms in total. The number of allylic oxidation sites excluding steroid dienone is 1. The second-order valence-electron chi connectivity index (χ2n) is 5.92. The Morgan fingerprint density at radius 2 is 2.00 bits per heavy atom. The van der Waals surface area contributed by atoms with Gasteiger partial charge in [-0.1, -0.05) is 48.7 Å². The van der Waals surface area contributed by atoms with E-state index in [-0.39, 0.29) is 17.4 Å². The van der Waals surface area contributed by atoms with Crippen LogP contribution in [0.1, 0.15) is 31.7 Å². The van der Waals surface area contributed by atoms with Crippen LogP contribution in [0.15, 0.2) is 52.4 Å². The molecular weight excluding hydrogens is 346 g/mol. The predicted molar refractivity (Wildman–Crippen MR) is 96.2 cm³/mol. The van der Waals surface area contributed by atoms with Gasteiger partial charge >= 0.3 is 0 Å². The van der Waals surface area contributed by atoms with Crippen molar-refractivity contribution in [1.29, 1.82) is 0 Å². The number of carbonyl (C=O) groups is 1. The summed E-state index contributed by atoms with van der Waals surface area (Å²) in [5, 5.41) is 0.438. The van der Waals surface area contributed by atoms with E-state index in [1.807, 2.05) is 13.8 Å². The van der Waals surface area contributed by atoms with Gasteiger partial charge in [0.1, 0.15) is 0 Å². The van der Waals surface area contributed by atoms with Gasteiger partial charge in [-0.05, 0) is 31.9 Å². The summed E-state index contributed by atoms with van der Waals surface area (Å²) in [6, 6.07) is 6.45. The van der Waals surface area contributed by atoms with Gasteiger partial charge in [0.15, 0.2) is 0 Å². The largest absolute Gasteiger partial charge is 0.268 e. The topological polar surface area (TPSA) is 54.5 Å². The first kappa shape index (κ1) is 18.7. The molecule has 0 N–H and O–H groups in total. The van der Waals surface area contributed by atoms with E-state index < -0.39 is 15.9 Å². The molecule has 2 rings (SSSR count). The second-order valence-corrected chi connectivity index (χ2v) is 8.24. The molecular formula is C18H22ClNO3S. The third-order valence-electron chi connectivity index (χ3n) is 4.13. The fraction of sp³-hybridized carbons (Fsp3) is 0.389. The number of rotatable bonds is 6. The van der Waals surface area contributed by atoms with E-state index in [4.69, 9.17) is 11.6 Å². The maximum absolute atomic E-state index is 12.8. The standard InChI is InChI=1S/C18H22ClNO3S/c1-4-6-7-16(19)17-14(5-2)12-20(18(17)21)24(22,23)15-10-8-13(3)9-11-15/h5,8-11,14H,2,4,6-7,12H2,1,3H3/b17-16+/t14-/m0/s1. The first-order chi connectivity index (χ1) is 11.3. The zero-order valence-electron chi connectivity index (χ0n) is 14.0. The molecule has 1 atom stereocenters. The van der Waals surface area contributed by atoms with Crippen LogP contribution in [-0.2, 0) is 14.8 Å². The first-order valence-electron chi connectivity index (χ1n) is 7.97.